The van der Waals surface area contributed by atoms with Crippen molar-refractivity contribution in [3.05, 3.63) is 77.4 Å². The van der Waals surface area contributed by atoms with Crippen molar-refractivity contribution >= 4 is 17.5 Å². The maximum Gasteiger partial charge on any atom is 0.344 e. The lowest BCUT2D eigenvalue weighted by atomic mass is 10.0. The molecule has 7 heteroatoms. The Bertz CT molecular complexity index is 1130. The normalized spacial score (nSPS) is 15.3. The molecule has 3 N–H and O–H groups in total. The van der Waals surface area contributed by atoms with Crippen molar-refractivity contribution in [1.82, 2.24) is 9.78 Å². The topological polar surface area (TPSA) is 106 Å². The number of anilines is 1. The number of carbonyl (C=O) groups excluding carboxylic acids is 1. The van der Waals surface area contributed by atoms with Gasteiger partial charge in [-0.1, -0.05) is 60.7 Å². The lowest BCUT2D eigenvalue weighted by molar-refractivity contribution is 0.0528. The van der Waals surface area contributed by atoms with Crippen LogP contribution < -0.4 is 11.1 Å². The maximum atomic E-state index is 12.8. The number of nitriles is 1. The third-order valence-electron chi connectivity index (χ3n) is 4.69. The number of carbonyl (C=O) groups is 1. The molecular formula is C22H19N5O2. The summed E-state index contributed by atoms with van der Waals surface area (Å²) in [5.41, 5.74) is 9.57. The molecule has 1 aliphatic rings. The first-order chi connectivity index (χ1) is 14.2. The molecule has 144 valence electrons. The smallest absolute Gasteiger partial charge is 0.344 e. The highest BCUT2D eigenvalue weighted by Crippen LogP contribution is 2.38. The van der Waals surface area contributed by atoms with Gasteiger partial charge in [0.25, 0.3) is 0 Å². The second-order valence-corrected chi connectivity index (χ2v) is 6.44. The Labute approximate surface area is 168 Å². The van der Waals surface area contributed by atoms with E-state index in [-0.39, 0.29) is 6.61 Å². The summed E-state index contributed by atoms with van der Waals surface area (Å²) in [7, 11) is 0. The summed E-state index contributed by atoms with van der Waals surface area (Å²) in [4.78, 5) is 12.8. The van der Waals surface area contributed by atoms with Crippen molar-refractivity contribution in [3.8, 4) is 17.3 Å². The van der Waals surface area contributed by atoms with Crippen LogP contribution in [-0.2, 0) is 4.74 Å². The quantitative estimate of drug-likeness (QED) is 0.666. The molecule has 29 heavy (non-hydrogen) atoms. The summed E-state index contributed by atoms with van der Waals surface area (Å²) in [5.74, 6) is -0.0900. The van der Waals surface area contributed by atoms with Crippen molar-refractivity contribution in [1.29, 1.82) is 5.26 Å². The van der Waals surface area contributed by atoms with Crippen molar-refractivity contribution < 1.29 is 9.53 Å². The fourth-order valence-electron chi connectivity index (χ4n) is 3.36. The first kappa shape index (κ1) is 18.5. The number of aromatic nitrogens is 2. The summed E-state index contributed by atoms with van der Waals surface area (Å²) in [5, 5.41) is 17.5. The SMILES string of the molecule is CCOC(=O)c1c(-c2ccccc2)nn2c1NC(c1ccccc1)=C(C#N)C2N. The third-order valence-corrected chi connectivity index (χ3v) is 4.69. The molecule has 7 nitrogen and oxygen atoms in total. The second-order valence-electron chi connectivity index (χ2n) is 6.44. The van der Waals surface area contributed by atoms with Gasteiger partial charge in [0, 0.05) is 5.56 Å². The Kier molecular flexibility index (Phi) is 4.85. The van der Waals surface area contributed by atoms with Crippen LogP contribution in [0.3, 0.4) is 0 Å². The Morgan fingerprint density at radius 2 is 1.79 bits per heavy atom. The number of benzene rings is 2. The first-order valence-electron chi connectivity index (χ1n) is 9.23. The standard InChI is InChI=1S/C22H19N5O2/c1-2-29-22(28)17-19(15-11-7-4-8-12-15)26-27-20(24)16(13-23)18(25-21(17)27)14-9-5-3-6-10-14/h3-12,20,25H,2,24H2,1H3. The maximum absolute atomic E-state index is 12.8. The monoisotopic (exact) mass is 385 g/mol. The van der Waals surface area contributed by atoms with Crippen LogP contribution in [0.5, 0.6) is 0 Å². The summed E-state index contributed by atoms with van der Waals surface area (Å²) < 4.78 is 6.76. The van der Waals surface area contributed by atoms with E-state index in [1.54, 1.807) is 6.92 Å². The molecule has 0 amide bonds. The molecule has 2 aromatic carbocycles. The molecule has 0 bridgehead atoms. The minimum Gasteiger partial charge on any atom is -0.462 e. The summed E-state index contributed by atoms with van der Waals surface area (Å²) in [6, 6.07) is 20.9. The van der Waals surface area contributed by atoms with Crippen LogP contribution in [0.25, 0.3) is 17.0 Å². The van der Waals surface area contributed by atoms with Gasteiger partial charge in [-0.05, 0) is 12.5 Å². The Balaban J connectivity index is 1.92. The van der Waals surface area contributed by atoms with E-state index < -0.39 is 12.1 Å². The van der Waals surface area contributed by atoms with Crippen LogP contribution in [0.4, 0.5) is 5.82 Å². The highest BCUT2D eigenvalue weighted by atomic mass is 16.5. The largest absolute Gasteiger partial charge is 0.462 e. The summed E-state index contributed by atoms with van der Waals surface area (Å²) >= 11 is 0. The number of rotatable bonds is 4. The van der Waals surface area contributed by atoms with Crippen LogP contribution in [-0.4, -0.2) is 22.4 Å². The average molecular weight is 385 g/mol. The van der Waals surface area contributed by atoms with E-state index in [0.29, 0.717) is 28.3 Å². The molecule has 4 rings (SSSR count). The Hall–Kier alpha value is -3.89. The van der Waals surface area contributed by atoms with Crippen molar-refractivity contribution in [3.63, 3.8) is 0 Å². The van der Waals surface area contributed by atoms with Gasteiger partial charge < -0.3 is 15.8 Å². The van der Waals surface area contributed by atoms with Crippen molar-refractivity contribution in [2.24, 2.45) is 5.73 Å². The van der Waals surface area contributed by atoms with E-state index in [2.05, 4.69) is 16.5 Å². The molecule has 1 aromatic heterocycles. The fourth-order valence-corrected chi connectivity index (χ4v) is 3.36. The molecule has 0 saturated heterocycles. The number of hydrogen-bond acceptors (Lipinski definition) is 6. The highest BCUT2D eigenvalue weighted by Gasteiger charge is 2.34. The van der Waals surface area contributed by atoms with Gasteiger partial charge in [-0.25, -0.2) is 9.48 Å². The number of nitrogens with one attached hydrogen (secondary N) is 1. The van der Waals surface area contributed by atoms with E-state index in [1.807, 2.05) is 60.7 Å². The zero-order valence-electron chi connectivity index (χ0n) is 15.8. The number of nitrogens with zero attached hydrogens (tertiary/aromatic N) is 3. The van der Waals surface area contributed by atoms with E-state index in [1.165, 1.54) is 4.68 Å². The van der Waals surface area contributed by atoms with Gasteiger partial charge in [0.1, 0.15) is 29.3 Å². The van der Waals surface area contributed by atoms with E-state index >= 15 is 0 Å². The van der Waals surface area contributed by atoms with Gasteiger partial charge >= 0.3 is 5.97 Å². The molecule has 0 fully saturated rings. The predicted molar refractivity (Wildman–Crippen MR) is 109 cm³/mol. The van der Waals surface area contributed by atoms with E-state index in [4.69, 9.17) is 10.5 Å². The van der Waals surface area contributed by atoms with Crippen LogP contribution in [0.2, 0.25) is 0 Å². The first-order valence-corrected chi connectivity index (χ1v) is 9.23. The fraction of sp³-hybridized carbons (Fsp3) is 0.136. The molecule has 1 atom stereocenters. The second kappa shape index (κ2) is 7.62. The minimum absolute atomic E-state index is 0.231. The average Bonchev–Trinajstić information content (AvgIpc) is 3.15. The minimum atomic E-state index is -0.836. The van der Waals surface area contributed by atoms with Gasteiger partial charge in [0.05, 0.1) is 17.9 Å². The molecule has 1 aliphatic heterocycles. The number of fused-ring (bicyclic) bond motifs is 1. The van der Waals surface area contributed by atoms with E-state index in [9.17, 15) is 10.1 Å². The van der Waals surface area contributed by atoms with Crippen LogP contribution in [0, 0.1) is 11.3 Å². The van der Waals surface area contributed by atoms with Gasteiger partial charge in [-0.3, -0.25) is 0 Å². The molecule has 1 unspecified atom stereocenters. The van der Waals surface area contributed by atoms with Gasteiger partial charge in [-0.15, -0.1) is 0 Å². The van der Waals surface area contributed by atoms with Crippen LogP contribution in [0.1, 0.15) is 29.0 Å². The third kappa shape index (κ3) is 3.16. The Morgan fingerprint density at radius 1 is 1.17 bits per heavy atom. The lowest BCUT2D eigenvalue weighted by Gasteiger charge is -2.26. The molecule has 3 aromatic rings. The van der Waals surface area contributed by atoms with Crippen molar-refractivity contribution in [2.45, 2.75) is 13.1 Å². The van der Waals surface area contributed by atoms with Gasteiger partial charge in [0.15, 0.2) is 0 Å². The zero-order chi connectivity index (χ0) is 20.4. The Morgan fingerprint density at radius 3 is 2.38 bits per heavy atom. The molecule has 0 radical (unpaired) electrons. The summed E-state index contributed by atoms with van der Waals surface area (Å²) in [6.45, 7) is 1.98. The lowest BCUT2D eigenvalue weighted by Crippen LogP contribution is -2.29. The summed E-state index contributed by atoms with van der Waals surface area (Å²) in [6.07, 6.45) is -0.836. The predicted octanol–water partition coefficient (Wildman–Crippen LogP) is 3.54. The zero-order valence-corrected chi connectivity index (χ0v) is 15.8. The molecule has 2 heterocycles. The van der Waals surface area contributed by atoms with Crippen LogP contribution >= 0.6 is 0 Å². The van der Waals surface area contributed by atoms with Gasteiger partial charge in [-0.2, -0.15) is 10.4 Å². The van der Waals surface area contributed by atoms with E-state index in [0.717, 1.165) is 11.1 Å². The number of nitrogens with two attached hydrogens (primary N) is 1. The molecule has 0 spiro atoms. The molecular weight excluding hydrogens is 366 g/mol. The van der Waals surface area contributed by atoms with Crippen LogP contribution in [0.15, 0.2) is 66.2 Å². The van der Waals surface area contributed by atoms with Crippen molar-refractivity contribution in [2.75, 3.05) is 11.9 Å². The number of esters is 1. The van der Waals surface area contributed by atoms with Gasteiger partial charge in [0.2, 0.25) is 0 Å². The number of hydrogen-bond donors (Lipinski definition) is 2. The molecule has 0 aliphatic carbocycles. The molecule has 0 saturated carbocycles. The number of ether oxygens (including phenoxy) is 1. The highest BCUT2D eigenvalue weighted by molar-refractivity contribution is 6.03.